The van der Waals surface area contributed by atoms with Crippen molar-refractivity contribution in [3.8, 4) is 0 Å². The Bertz CT molecular complexity index is 574. The average Bonchev–Trinajstić information content (AvgIpc) is 3.05. The van der Waals surface area contributed by atoms with Crippen LogP contribution < -0.4 is 10.2 Å². The Morgan fingerprint density at radius 3 is 2.95 bits per heavy atom. The third-order valence-corrected chi connectivity index (χ3v) is 3.86. The predicted octanol–water partition coefficient (Wildman–Crippen LogP) is 3.34. The number of benzene rings is 1. The van der Waals surface area contributed by atoms with Crippen LogP contribution in [0.25, 0.3) is 0 Å². The third kappa shape index (κ3) is 2.73. The Kier molecular flexibility index (Phi) is 3.79. The summed E-state index contributed by atoms with van der Waals surface area (Å²) in [6.07, 6.45) is 2.94. The number of furan rings is 1. The molecule has 2 aromatic rings. The highest BCUT2D eigenvalue weighted by Crippen LogP contribution is 2.29. The molecular weight excluding hydrogens is 248 g/mol. The molecule has 0 radical (unpaired) electrons. The Labute approximate surface area is 120 Å². The number of nitrogens with zero attached hydrogens (tertiary/aromatic N) is 1. The molecule has 20 heavy (non-hydrogen) atoms. The highest BCUT2D eigenvalue weighted by Gasteiger charge is 2.20. The summed E-state index contributed by atoms with van der Waals surface area (Å²) in [6.45, 7) is 7.14. The number of hydrogen-bond donors (Lipinski definition) is 1. The molecule has 2 heterocycles. The standard InChI is InChI=1S/C17H22N2O/c1-13(2)18-11-15-8-10-20-17(15)12-19-9-7-14-5-3-4-6-16(14)19/h3-6,8,10,13,18H,7,9,11-12H2,1-2H3. The molecule has 3 nitrogen and oxygen atoms in total. The highest BCUT2D eigenvalue weighted by atomic mass is 16.3. The minimum atomic E-state index is 0.491. The van der Waals surface area contributed by atoms with Crippen molar-refractivity contribution in [1.29, 1.82) is 0 Å². The van der Waals surface area contributed by atoms with E-state index in [0.717, 1.165) is 31.8 Å². The molecule has 0 fully saturated rings. The molecule has 0 atom stereocenters. The van der Waals surface area contributed by atoms with E-state index >= 15 is 0 Å². The number of hydrogen-bond acceptors (Lipinski definition) is 3. The van der Waals surface area contributed by atoms with Crippen LogP contribution in [0.3, 0.4) is 0 Å². The smallest absolute Gasteiger partial charge is 0.127 e. The maximum absolute atomic E-state index is 5.69. The van der Waals surface area contributed by atoms with Gasteiger partial charge in [-0.15, -0.1) is 0 Å². The number of anilines is 1. The van der Waals surface area contributed by atoms with Gasteiger partial charge in [0.2, 0.25) is 0 Å². The molecule has 1 aromatic carbocycles. The van der Waals surface area contributed by atoms with E-state index < -0.39 is 0 Å². The minimum absolute atomic E-state index is 0.491. The summed E-state index contributed by atoms with van der Waals surface area (Å²) in [4.78, 5) is 2.41. The summed E-state index contributed by atoms with van der Waals surface area (Å²) in [5, 5.41) is 3.45. The predicted molar refractivity (Wildman–Crippen MR) is 81.9 cm³/mol. The third-order valence-electron chi connectivity index (χ3n) is 3.86. The molecule has 0 unspecified atom stereocenters. The number of fused-ring (bicyclic) bond motifs is 1. The number of rotatable bonds is 5. The van der Waals surface area contributed by atoms with Crippen molar-refractivity contribution in [3.63, 3.8) is 0 Å². The van der Waals surface area contributed by atoms with Crippen molar-refractivity contribution in [2.24, 2.45) is 0 Å². The monoisotopic (exact) mass is 270 g/mol. The van der Waals surface area contributed by atoms with Crippen LogP contribution in [0.1, 0.15) is 30.7 Å². The van der Waals surface area contributed by atoms with Crippen molar-refractivity contribution in [2.45, 2.75) is 39.4 Å². The molecule has 0 saturated heterocycles. The molecule has 106 valence electrons. The van der Waals surface area contributed by atoms with E-state index in [0.29, 0.717) is 6.04 Å². The zero-order chi connectivity index (χ0) is 13.9. The van der Waals surface area contributed by atoms with Gasteiger partial charge in [0.05, 0.1) is 12.8 Å². The van der Waals surface area contributed by atoms with E-state index in [4.69, 9.17) is 4.42 Å². The Hall–Kier alpha value is -1.74. The van der Waals surface area contributed by atoms with Gasteiger partial charge in [0.15, 0.2) is 0 Å². The highest BCUT2D eigenvalue weighted by molar-refractivity contribution is 5.57. The van der Waals surface area contributed by atoms with Crippen LogP contribution in [-0.2, 0) is 19.5 Å². The van der Waals surface area contributed by atoms with E-state index in [2.05, 4.69) is 54.4 Å². The van der Waals surface area contributed by atoms with Gasteiger partial charge in [-0.3, -0.25) is 0 Å². The summed E-state index contributed by atoms with van der Waals surface area (Å²) >= 11 is 0. The van der Waals surface area contributed by atoms with Crippen molar-refractivity contribution in [3.05, 3.63) is 53.5 Å². The van der Waals surface area contributed by atoms with Crippen molar-refractivity contribution in [2.75, 3.05) is 11.4 Å². The fourth-order valence-corrected chi connectivity index (χ4v) is 2.72. The van der Waals surface area contributed by atoms with Gasteiger partial charge < -0.3 is 14.6 Å². The molecular formula is C17H22N2O. The lowest BCUT2D eigenvalue weighted by Crippen LogP contribution is -2.24. The molecule has 1 aromatic heterocycles. The second-order valence-electron chi connectivity index (χ2n) is 5.70. The summed E-state index contributed by atoms with van der Waals surface area (Å²) in [7, 11) is 0. The lowest BCUT2D eigenvalue weighted by atomic mass is 10.2. The summed E-state index contributed by atoms with van der Waals surface area (Å²) in [6, 6.07) is 11.2. The quantitative estimate of drug-likeness (QED) is 0.903. The maximum atomic E-state index is 5.69. The zero-order valence-corrected chi connectivity index (χ0v) is 12.2. The second kappa shape index (κ2) is 5.71. The fraction of sp³-hybridized carbons (Fsp3) is 0.412. The molecule has 1 aliphatic rings. The molecule has 0 spiro atoms. The van der Waals surface area contributed by atoms with E-state index in [1.54, 1.807) is 6.26 Å². The lowest BCUT2D eigenvalue weighted by molar-refractivity contribution is 0.493. The average molecular weight is 270 g/mol. The normalized spacial score (nSPS) is 14.1. The van der Waals surface area contributed by atoms with E-state index in [-0.39, 0.29) is 0 Å². The number of nitrogens with one attached hydrogen (secondary N) is 1. The van der Waals surface area contributed by atoms with Gasteiger partial charge in [0, 0.05) is 30.4 Å². The summed E-state index contributed by atoms with van der Waals surface area (Å²) < 4.78 is 5.69. The molecule has 1 N–H and O–H groups in total. The topological polar surface area (TPSA) is 28.4 Å². The molecule has 0 bridgehead atoms. The van der Waals surface area contributed by atoms with Gasteiger partial charge in [-0.1, -0.05) is 32.0 Å². The van der Waals surface area contributed by atoms with Crippen LogP contribution >= 0.6 is 0 Å². The first kappa shape index (κ1) is 13.3. The number of para-hydroxylation sites is 1. The van der Waals surface area contributed by atoms with Crippen molar-refractivity contribution in [1.82, 2.24) is 5.32 Å². The molecule has 3 heteroatoms. The van der Waals surface area contributed by atoms with Crippen LogP contribution in [0.15, 0.2) is 41.0 Å². The van der Waals surface area contributed by atoms with Gasteiger partial charge in [0.1, 0.15) is 5.76 Å². The Morgan fingerprint density at radius 2 is 2.10 bits per heavy atom. The van der Waals surface area contributed by atoms with Crippen LogP contribution in [0, 0.1) is 0 Å². The van der Waals surface area contributed by atoms with E-state index in [9.17, 15) is 0 Å². The molecule has 1 aliphatic heterocycles. The van der Waals surface area contributed by atoms with Crippen molar-refractivity contribution >= 4 is 5.69 Å². The minimum Gasteiger partial charge on any atom is -0.467 e. The summed E-state index contributed by atoms with van der Waals surface area (Å²) in [5.74, 6) is 1.08. The molecule has 3 rings (SSSR count). The van der Waals surface area contributed by atoms with E-state index in [1.807, 2.05) is 0 Å². The van der Waals surface area contributed by atoms with Crippen LogP contribution in [0.5, 0.6) is 0 Å². The van der Waals surface area contributed by atoms with Crippen LogP contribution in [0.4, 0.5) is 5.69 Å². The second-order valence-corrected chi connectivity index (χ2v) is 5.70. The zero-order valence-electron chi connectivity index (χ0n) is 12.2. The molecule has 0 aliphatic carbocycles. The van der Waals surface area contributed by atoms with Gasteiger partial charge in [-0.25, -0.2) is 0 Å². The Balaban J connectivity index is 1.72. The lowest BCUT2D eigenvalue weighted by Gasteiger charge is -2.19. The first-order chi connectivity index (χ1) is 9.74. The van der Waals surface area contributed by atoms with Crippen LogP contribution in [0.2, 0.25) is 0 Å². The van der Waals surface area contributed by atoms with Crippen molar-refractivity contribution < 1.29 is 4.42 Å². The maximum Gasteiger partial charge on any atom is 0.127 e. The molecule has 0 saturated carbocycles. The van der Waals surface area contributed by atoms with Gasteiger partial charge in [-0.05, 0) is 24.1 Å². The first-order valence-electron chi connectivity index (χ1n) is 7.35. The fourth-order valence-electron chi connectivity index (χ4n) is 2.72. The van der Waals surface area contributed by atoms with Gasteiger partial charge in [-0.2, -0.15) is 0 Å². The summed E-state index contributed by atoms with van der Waals surface area (Å²) in [5.41, 5.74) is 4.07. The SMILES string of the molecule is CC(C)NCc1ccoc1CN1CCc2ccccc21. The first-order valence-corrected chi connectivity index (χ1v) is 7.35. The molecule has 0 amide bonds. The Morgan fingerprint density at radius 1 is 1.25 bits per heavy atom. The largest absolute Gasteiger partial charge is 0.467 e. The van der Waals surface area contributed by atoms with Gasteiger partial charge >= 0.3 is 0 Å². The van der Waals surface area contributed by atoms with E-state index in [1.165, 1.54) is 16.8 Å². The van der Waals surface area contributed by atoms with Gasteiger partial charge in [0.25, 0.3) is 0 Å². The van der Waals surface area contributed by atoms with Crippen LogP contribution in [-0.4, -0.2) is 12.6 Å².